The molecular weight excluding hydrogens is 220 g/mol. The number of hydrogen-bond acceptors (Lipinski definition) is 4. The van der Waals surface area contributed by atoms with Gasteiger partial charge in [0.1, 0.15) is 18.2 Å². The van der Waals surface area contributed by atoms with Gasteiger partial charge in [0, 0.05) is 11.4 Å². The number of aliphatic imine (C=N–C) groups is 1. The van der Waals surface area contributed by atoms with Crippen LogP contribution in [0.25, 0.3) is 0 Å². The molecular formula is C12H16N2OS. The van der Waals surface area contributed by atoms with Crippen molar-refractivity contribution >= 4 is 17.6 Å². The SMILES string of the molecule is CSc1ccc(OCC2=NCCN2)cc1C. The number of amidine groups is 1. The van der Waals surface area contributed by atoms with Crippen LogP contribution < -0.4 is 10.1 Å². The standard InChI is InChI=1S/C12H16N2OS/c1-9-7-10(3-4-11(9)16-2)15-8-12-13-5-6-14-12/h3-4,7H,5-6,8H2,1-2H3,(H,13,14). The molecule has 16 heavy (non-hydrogen) atoms. The monoisotopic (exact) mass is 236 g/mol. The lowest BCUT2D eigenvalue weighted by atomic mass is 10.2. The number of ether oxygens (including phenoxy) is 1. The molecule has 0 spiro atoms. The Labute approximate surface area is 100 Å². The molecule has 3 nitrogen and oxygen atoms in total. The highest BCUT2D eigenvalue weighted by Gasteiger charge is 2.06. The third-order valence-electron chi connectivity index (χ3n) is 2.49. The molecule has 0 unspecified atom stereocenters. The van der Waals surface area contributed by atoms with Gasteiger partial charge in [-0.2, -0.15) is 0 Å². The van der Waals surface area contributed by atoms with Crippen molar-refractivity contribution in [2.45, 2.75) is 11.8 Å². The lowest BCUT2D eigenvalue weighted by Crippen LogP contribution is -2.24. The second kappa shape index (κ2) is 5.25. The summed E-state index contributed by atoms with van der Waals surface area (Å²) < 4.78 is 5.67. The molecule has 0 radical (unpaired) electrons. The Morgan fingerprint density at radius 2 is 2.38 bits per heavy atom. The minimum absolute atomic E-state index is 0.540. The summed E-state index contributed by atoms with van der Waals surface area (Å²) in [6, 6.07) is 6.18. The van der Waals surface area contributed by atoms with Gasteiger partial charge in [0.2, 0.25) is 0 Å². The molecule has 1 aliphatic heterocycles. The maximum absolute atomic E-state index is 5.67. The molecule has 1 aromatic rings. The van der Waals surface area contributed by atoms with Crippen LogP contribution in [-0.4, -0.2) is 31.8 Å². The Morgan fingerprint density at radius 1 is 1.50 bits per heavy atom. The topological polar surface area (TPSA) is 33.6 Å². The number of aryl methyl sites for hydroxylation is 1. The van der Waals surface area contributed by atoms with Crippen molar-refractivity contribution < 1.29 is 4.74 Å². The first-order valence-corrected chi connectivity index (χ1v) is 6.56. The minimum Gasteiger partial charge on any atom is -0.486 e. The van der Waals surface area contributed by atoms with Crippen molar-refractivity contribution in [3.05, 3.63) is 23.8 Å². The highest BCUT2D eigenvalue weighted by atomic mass is 32.2. The van der Waals surface area contributed by atoms with Gasteiger partial charge >= 0.3 is 0 Å². The molecule has 0 aliphatic carbocycles. The average Bonchev–Trinajstić information content (AvgIpc) is 2.79. The van der Waals surface area contributed by atoms with Crippen molar-refractivity contribution in [1.29, 1.82) is 0 Å². The molecule has 1 heterocycles. The number of hydrogen-bond donors (Lipinski definition) is 1. The first-order valence-electron chi connectivity index (χ1n) is 5.34. The highest BCUT2D eigenvalue weighted by Crippen LogP contribution is 2.24. The Morgan fingerprint density at radius 3 is 3.00 bits per heavy atom. The Kier molecular flexibility index (Phi) is 3.72. The van der Waals surface area contributed by atoms with E-state index >= 15 is 0 Å². The smallest absolute Gasteiger partial charge is 0.145 e. The summed E-state index contributed by atoms with van der Waals surface area (Å²) >= 11 is 1.76. The van der Waals surface area contributed by atoms with Gasteiger partial charge in [0.05, 0.1) is 6.54 Å². The summed E-state index contributed by atoms with van der Waals surface area (Å²) in [4.78, 5) is 5.58. The lowest BCUT2D eigenvalue weighted by Gasteiger charge is -2.09. The largest absolute Gasteiger partial charge is 0.486 e. The second-order valence-corrected chi connectivity index (χ2v) is 4.52. The first-order chi connectivity index (χ1) is 7.79. The van der Waals surface area contributed by atoms with E-state index in [1.54, 1.807) is 11.8 Å². The van der Waals surface area contributed by atoms with Gasteiger partial charge in [-0.25, -0.2) is 0 Å². The molecule has 0 atom stereocenters. The summed E-state index contributed by atoms with van der Waals surface area (Å²) in [5.41, 5.74) is 1.26. The second-order valence-electron chi connectivity index (χ2n) is 3.68. The van der Waals surface area contributed by atoms with E-state index in [9.17, 15) is 0 Å². The van der Waals surface area contributed by atoms with E-state index in [1.165, 1.54) is 10.5 Å². The third kappa shape index (κ3) is 2.70. The molecule has 0 fully saturated rings. The molecule has 1 aliphatic rings. The van der Waals surface area contributed by atoms with Crippen LogP contribution in [0.4, 0.5) is 0 Å². The van der Waals surface area contributed by atoms with Crippen molar-refractivity contribution in [2.75, 3.05) is 26.0 Å². The van der Waals surface area contributed by atoms with Gasteiger partial charge in [-0.3, -0.25) is 4.99 Å². The normalized spacial score (nSPS) is 14.5. The first kappa shape index (κ1) is 11.3. The summed E-state index contributed by atoms with van der Waals surface area (Å²) in [7, 11) is 0. The van der Waals surface area contributed by atoms with Gasteiger partial charge in [-0.05, 0) is 36.9 Å². The fraction of sp³-hybridized carbons (Fsp3) is 0.417. The zero-order valence-electron chi connectivity index (χ0n) is 9.62. The van der Waals surface area contributed by atoms with E-state index in [0.29, 0.717) is 6.61 Å². The summed E-state index contributed by atoms with van der Waals surface area (Å²) in [5, 5.41) is 3.18. The van der Waals surface area contributed by atoms with E-state index in [0.717, 1.165) is 24.7 Å². The van der Waals surface area contributed by atoms with Gasteiger partial charge in [0.25, 0.3) is 0 Å². The molecule has 86 valence electrons. The lowest BCUT2D eigenvalue weighted by molar-refractivity contribution is 0.373. The van der Waals surface area contributed by atoms with E-state index in [2.05, 4.69) is 35.6 Å². The van der Waals surface area contributed by atoms with E-state index in [4.69, 9.17) is 4.74 Å². The van der Waals surface area contributed by atoms with Crippen molar-refractivity contribution in [3.63, 3.8) is 0 Å². The summed E-state index contributed by atoms with van der Waals surface area (Å²) in [5.74, 6) is 1.86. The average molecular weight is 236 g/mol. The fourth-order valence-corrected chi connectivity index (χ4v) is 2.22. The van der Waals surface area contributed by atoms with Crippen LogP contribution in [0.5, 0.6) is 5.75 Å². The highest BCUT2D eigenvalue weighted by molar-refractivity contribution is 7.98. The zero-order chi connectivity index (χ0) is 11.4. The van der Waals surface area contributed by atoms with Crippen LogP contribution in [-0.2, 0) is 0 Å². The Hall–Kier alpha value is -1.16. The molecule has 0 saturated heterocycles. The molecule has 0 amide bonds. The van der Waals surface area contributed by atoms with Crippen LogP contribution >= 0.6 is 11.8 Å². The molecule has 1 aromatic carbocycles. The molecule has 2 rings (SSSR count). The quantitative estimate of drug-likeness (QED) is 0.813. The van der Waals surface area contributed by atoms with Crippen molar-refractivity contribution in [1.82, 2.24) is 5.32 Å². The number of rotatable bonds is 4. The van der Waals surface area contributed by atoms with Gasteiger partial charge < -0.3 is 10.1 Å². The number of benzene rings is 1. The predicted molar refractivity (Wildman–Crippen MR) is 68.8 cm³/mol. The maximum atomic E-state index is 5.67. The van der Waals surface area contributed by atoms with Gasteiger partial charge in [0.15, 0.2) is 0 Å². The molecule has 1 N–H and O–H groups in total. The predicted octanol–water partition coefficient (Wildman–Crippen LogP) is 2.10. The number of thioether (sulfide) groups is 1. The summed E-state index contributed by atoms with van der Waals surface area (Å²) in [6.45, 7) is 4.44. The van der Waals surface area contributed by atoms with Crippen LogP contribution in [0.3, 0.4) is 0 Å². The van der Waals surface area contributed by atoms with Crippen LogP contribution in [0, 0.1) is 6.92 Å². The number of nitrogens with zero attached hydrogens (tertiary/aromatic N) is 1. The van der Waals surface area contributed by atoms with E-state index < -0.39 is 0 Å². The molecule has 0 aromatic heterocycles. The number of nitrogens with one attached hydrogen (secondary N) is 1. The Bertz CT molecular complexity index is 404. The van der Waals surface area contributed by atoms with Crippen molar-refractivity contribution in [2.24, 2.45) is 4.99 Å². The Balaban J connectivity index is 1.96. The zero-order valence-corrected chi connectivity index (χ0v) is 10.4. The minimum atomic E-state index is 0.540. The van der Waals surface area contributed by atoms with E-state index in [1.807, 2.05) is 6.07 Å². The van der Waals surface area contributed by atoms with Crippen LogP contribution in [0.15, 0.2) is 28.1 Å². The third-order valence-corrected chi connectivity index (χ3v) is 3.38. The van der Waals surface area contributed by atoms with Gasteiger partial charge in [-0.1, -0.05) is 0 Å². The van der Waals surface area contributed by atoms with E-state index in [-0.39, 0.29) is 0 Å². The molecule has 4 heteroatoms. The fourth-order valence-electron chi connectivity index (χ4n) is 1.64. The maximum Gasteiger partial charge on any atom is 0.145 e. The molecule has 0 saturated carbocycles. The van der Waals surface area contributed by atoms with Crippen LogP contribution in [0.2, 0.25) is 0 Å². The summed E-state index contributed by atoms with van der Waals surface area (Å²) in [6.07, 6.45) is 2.08. The van der Waals surface area contributed by atoms with Crippen LogP contribution in [0.1, 0.15) is 5.56 Å². The van der Waals surface area contributed by atoms with Gasteiger partial charge in [-0.15, -0.1) is 11.8 Å². The van der Waals surface area contributed by atoms with Crippen molar-refractivity contribution in [3.8, 4) is 5.75 Å². The molecule has 0 bridgehead atoms.